The van der Waals surface area contributed by atoms with Crippen LogP contribution in [0.4, 0.5) is 0 Å². The quantitative estimate of drug-likeness (QED) is 0.765. The number of hydrogen-bond donors (Lipinski definition) is 0. The summed E-state index contributed by atoms with van der Waals surface area (Å²) in [6.07, 6.45) is 1.30. The molecule has 2 rings (SSSR count). The summed E-state index contributed by atoms with van der Waals surface area (Å²) < 4.78 is 6.15. The molecule has 94 valence electrons. The van der Waals surface area contributed by atoms with E-state index < -0.39 is 0 Å². The van der Waals surface area contributed by atoms with Gasteiger partial charge in [-0.05, 0) is 36.1 Å². The Balaban J connectivity index is 2.09. The van der Waals surface area contributed by atoms with E-state index in [0.717, 1.165) is 10.9 Å². The van der Waals surface area contributed by atoms with Crippen molar-refractivity contribution in [2.75, 3.05) is 7.11 Å². The number of aryl methyl sites for hydroxylation is 1. The third-order valence-electron chi connectivity index (χ3n) is 2.64. The van der Waals surface area contributed by atoms with Gasteiger partial charge in [0.25, 0.3) is 0 Å². The second-order valence-corrected chi connectivity index (χ2v) is 5.80. The lowest BCUT2D eigenvalue weighted by atomic mass is 10.1. The average molecular weight is 325 g/mol. The Kier molecular flexibility index (Phi) is 4.55. The molecule has 0 spiro atoms. The molecular formula is C14H13BrO2S. The topological polar surface area (TPSA) is 26.3 Å². The van der Waals surface area contributed by atoms with Crippen LogP contribution in [0.5, 0.6) is 5.75 Å². The van der Waals surface area contributed by atoms with E-state index in [1.54, 1.807) is 24.5 Å². The minimum Gasteiger partial charge on any atom is -0.496 e. The van der Waals surface area contributed by atoms with Gasteiger partial charge in [-0.2, -0.15) is 0 Å². The highest BCUT2D eigenvalue weighted by Gasteiger charge is 2.12. The van der Waals surface area contributed by atoms with Crippen LogP contribution in [-0.2, 0) is 6.42 Å². The Labute approximate surface area is 119 Å². The highest BCUT2D eigenvalue weighted by atomic mass is 79.9. The van der Waals surface area contributed by atoms with Crippen LogP contribution in [0, 0.1) is 0 Å². The number of rotatable bonds is 5. The molecule has 2 nitrogen and oxygen atoms in total. The fraction of sp³-hybridized carbons (Fsp3) is 0.214. The van der Waals surface area contributed by atoms with E-state index in [4.69, 9.17) is 4.74 Å². The van der Waals surface area contributed by atoms with Crippen LogP contribution >= 0.6 is 27.3 Å². The van der Waals surface area contributed by atoms with Gasteiger partial charge in [-0.15, -0.1) is 11.3 Å². The number of halogens is 1. The van der Waals surface area contributed by atoms with Gasteiger partial charge in [0.15, 0.2) is 5.78 Å². The van der Waals surface area contributed by atoms with Crippen molar-refractivity contribution in [1.29, 1.82) is 0 Å². The second-order valence-electron chi connectivity index (χ2n) is 3.85. The molecule has 0 atom stereocenters. The van der Waals surface area contributed by atoms with Crippen molar-refractivity contribution in [1.82, 2.24) is 0 Å². The first kappa shape index (κ1) is 13.3. The van der Waals surface area contributed by atoms with Crippen LogP contribution in [0.1, 0.15) is 21.7 Å². The van der Waals surface area contributed by atoms with Crippen molar-refractivity contribution in [2.45, 2.75) is 12.8 Å². The number of benzene rings is 1. The zero-order valence-corrected chi connectivity index (χ0v) is 12.4. The summed E-state index contributed by atoms with van der Waals surface area (Å²) >= 11 is 5.05. The fourth-order valence-corrected chi connectivity index (χ4v) is 2.77. The van der Waals surface area contributed by atoms with Crippen LogP contribution in [-0.4, -0.2) is 12.9 Å². The Bertz CT molecular complexity index is 535. The zero-order chi connectivity index (χ0) is 13.0. The molecule has 0 aliphatic heterocycles. The van der Waals surface area contributed by atoms with Gasteiger partial charge in [0.1, 0.15) is 5.75 Å². The van der Waals surface area contributed by atoms with Gasteiger partial charge in [0.05, 0.1) is 12.7 Å². The summed E-state index contributed by atoms with van der Waals surface area (Å²) in [5, 5.41) is 2.03. The summed E-state index contributed by atoms with van der Waals surface area (Å²) in [6, 6.07) is 9.54. The van der Waals surface area contributed by atoms with Crippen LogP contribution in [0.2, 0.25) is 0 Å². The fourth-order valence-electron chi connectivity index (χ4n) is 1.72. The van der Waals surface area contributed by atoms with Gasteiger partial charge < -0.3 is 4.74 Å². The van der Waals surface area contributed by atoms with Crippen molar-refractivity contribution in [3.8, 4) is 5.75 Å². The molecule has 1 aromatic carbocycles. The average Bonchev–Trinajstić information content (AvgIpc) is 2.88. The molecule has 18 heavy (non-hydrogen) atoms. The predicted molar refractivity (Wildman–Crippen MR) is 77.7 cm³/mol. The molecule has 0 N–H and O–H groups in total. The molecule has 0 aliphatic rings. The Morgan fingerprint density at radius 3 is 2.89 bits per heavy atom. The van der Waals surface area contributed by atoms with Crippen molar-refractivity contribution < 1.29 is 9.53 Å². The first-order valence-corrected chi connectivity index (χ1v) is 7.27. The van der Waals surface area contributed by atoms with Gasteiger partial charge in [0.2, 0.25) is 0 Å². The van der Waals surface area contributed by atoms with Gasteiger partial charge in [-0.3, -0.25) is 4.79 Å². The van der Waals surface area contributed by atoms with Crippen molar-refractivity contribution in [3.05, 3.63) is 50.6 Å². The molecule has 0 saturated heterocycles. The summed E-state index contributed by atoms with van der Waals surface area (Å²) in [4.78, 5) is 13.4. The van der Waals surface area contributed by atoms with Gasteiger partial charge in [0, 0.05) is 15.8 Å². The van der Waals surface area contributed by atoms with Crippen LogP contribution in [0.15, 0.2) is 40.2 Å². The normalized spacial score (nSPS) is 10.3. The molecule has 4 heteroatoms. The molecule has 2 aromatic rings. The molecular weight excluding hydrogens is 312 g/mol. The zero-order valence-electron chi connectivity index (χ0n) is 9.98. The Morgan fingerprint density at radius 2 is 2.22 bits per heavy atom. The van der Waals surface area contributed by atoms with Crippen molar-refractivity contribution in [3.63, 3.8) is 0 Å². The number of Topliss-reactive ketones (excluding diaryl/α,β-unsaturated/α-hetero) is 1. The smallest absolute Gasteiger partial charge is 0.166 e. The van der Waals surface area contributed by atoms with E-state index in [1.807, 2.05) is 23.6 Å². The molecule has 0 unspecified atom stereocenters. The Hall–Kier alpha value is -1.13. The molecule has 1 heterocycles. The lowest BCUT2D eigenvalue weighted by Gasteiger charge is -2.07. The molecule has 0 bridgehead atoms. The number of ether oxygens (including phenoxy) is 1. The van der Waals surface area contributed by atoms with Crippen LogP contribution in [0.25, 0.3) is 0 Å². The molecule has 0 amide bonds. The van der Waals surface area contributed by atoms with Gasteiger partial charge in [-0.25, -0.2) is 0 Å². The van der Waals surface area contributed by atoms with Crippen LogP contribution < -0.4 is 4.74 Å². The van der Waals surface area contributed by atoms with E-state index in [-0.39, 0.29) is 5.78 Å². The lowest BCUT2D eigenvalue weighted by Crippen LogP contribution is -2.03. The predicted octanol–water partition coefficient (Wildman–Crippen LogP) is 4.33. The summed E-state index contributed by atoms with van der Waals surface area (Å²) in [5.74, 6) is 0.744. The number of carbonyl (C=O) groups is 1. The standard InChI is InChI=1S/C14H13BrO2S/c1-17-14-9-10(15)4-6-12(14)13(16)7-5-11-3-2-8-18-11/h2-4,6,8-9H,5,7H2,1H3. The number of thiophene rings is 1. The highest BCUT2D eigenvalue weighted by molar-refractivity contribution is 9.10. The second kappa shape index (κ2) is 6.16. The maximum Gasteiger partial charge on any atom is 0.166 e. The third-order valence-corrected chi connectivity index (χ3v) is 4.07. The molecule has 0 radical (unpaired) electrons. The monoisotopic (exact) mass is 324 g/mol. The first-order chi connectivity index (χ1) is 8.70. The van der Waals surface area contributed by atoms with Crippen molar-refractivity contribution >= 4 is 33.0 Å². The number of carbonyl (C=O) groups excluding carboxylic acids is 1. The summed E-state index contributed by atoms with van der Waals surface area (Å²) in [6.45, 7) is 0. The molecule has 0 aliphatic carbocycles. The van der Waals surface area contributed by atoms with Crippen molar-refractivity contribution in [2.24, 2.45) is 0 Å². The molecule has 1 aromatic heterocycles. The van der Waals surface area contributed by atoms with E-state index in [2.05, 4.69) is 22.0 Å². The molecule has 0 saturated carbocycles. The largest absolute Gasteiger partial charge is 0.496 e. The number of hydrogen-bond acceptors (Lipinski definition) is 3. The van der Waals surface area contributed by atoms with Gasteiger partial charge in [-0.1, -0.05) is 22.0 Å². The van der Waals surface area contributed by atoms with E-state index in [1.165, 1.54) is 4.88 Å². The maximum atomic E-state index is 12.1. The third kappa shape index (κ3) is 3.21. The number of ketones is 1. The lowest BCUT2D eigenvalue weighted by molar-refractivity contribution is 0.0980. The minimum atomic E-state index is 0.118. The number of methoxy groups -OCH3 is 1. The molecule has 0 fully saturated rings. The van der Waals surface area contributed by atoms with Gasteiger partial charge >= 0.3 is 0 Å². The highest BCUT2D eigenvalue weighted by Crippen LogP contribution is 2.25. The first-order valence-electron chi connectivity index (χ1n) is 5.60. The Morgan fingerprint density at radius 1 is 1.39 bits per heavy atom. The summed E-state index contributed by atoms with van der Waals surface area (Å²) in [7, 11) is 1.58. The van der Waals surface area contributed by atoms with Crippen LogP contribution in [0.3, 0.4) is 0 Å². The van der Waals surface area contributed by atoms with E-state index in [0.29, 0.717) is 17.7 Å². The SMILES string of the molecule is COc1cc(Br)ccc1C(=O)CCc1cccs1. The summed E-state index contributed by atoms with van der Waals surface area (Å²) in [5.41, 5.74) is 0.650. The maximum absolute atomic E-state index is 12.1. The van der Waals surface area contributed by atoms with E-state index in [9.17, 15) is 4.79 Å². The minimum absolute atomic E-state index is 0.118. The van der Waals surface area contributed by atoms with E-state index >= 15 is 0 Å².